The van der Waals surface area contributed by atoms with Crippen molar-refractivity contribution in [2.45, 2.75) is 42.9 Å². The highest BCUT2D eigenvalue weighted by molar-refractivity contribution is 8.00. The summed E-state index contributed by atoms with van der Waals surface area (Å²) in [7, 11) is 0. The van der Waals surface area contributed by atoms with Gasteiger partial charge in [0.05, 0.1) is 29.8 Å². The van der Waals surface area contributed by atoms with Crippen LogP contribution in [-0.2, 0) is 9.59 Å². The Morgan fingerprint density at radius 1 is 1.14 bits per heavy atom. The second-order valence-corrected chi connectivity index (χ2v) is 9.04. The maximum atomic E-state index is 13.4. The van der Waals surface area contributed by atoms with Crippen LogP contribution in [0.25, 0.3) is 0 Å². The Bertz CT molecular complexity index is 960. The smallest absolute Gasteiger partial charge is 0.250 e. The monoisotopic (exact) mass is 412 g/mol. The molecule has 152 valence electrons. The molecule has 0 fully saturated rings. The summed E-state index contributed by atoms with van der Waals surface area (Å²) in [5.74, 6) is 1.12. The first-order valence-electron chi connectivity index (χ1n) is 9.69. The molecule has 1 N–H and O–H groups in total. The maximum Gasteiger partial charge on any atom is 0.250 e. The number of fused-ring (bicyclic) bond motifs is 2. The van der Waals surface area contributed by atoms with Gasteiger partial charge in [0, 0.05) is 11.3 Å². The van der Waals surface area contributed by atoms with Crippen molar-refractivity contribution in [1.82, 2.24) is 0 Å². The number of carbonyl (C=O) groups is 2. The molecule has 29 heavy (non-hydrogen) atoms. The van der Waals surface area contributed by atoms with E-state index in [4.69, 9.17) is 9.47 Å². The molecule has 0 aromatic heterocycles. The predicted octanol–water partition coefficient (Wildman–Crippen LogP) is 4.09. The summed E-state index contributed by atoms with van der Waals surface area (Å²) >= 11 is 1.44. The molecule has 1 atom stereocenters. The molecule has 0 bridgehead atoms. The van der Waals surface area contributed by atoms with Gasteiger partial charge in [-0.05, 0) is 51.1 Å². The highest BCUT2D eigenvalue weighted by Gasteiger charge is 2.44. The summed E-state index contributed by atoms with van der Waals surface area (Å²) in [6.07, 6.45) is 0.845. The standard InChI is InChI=1S/C22H24N2O4S/c1-14(29-15-9-10-18-19(13-15)28-12-6-11-27-18)20(25)24-17-8-5-4-7-16(17)23-21(26)22(24,2)3/h4-5,7-10,13-14H,6,11-12H2,1-3H3,(H,23,26). The van der Waals surface area contributed by atoms with Crippen LogP contribution in [0.4, 0.5) is 11.4 Å². The molecule has 2 amide bonds. The molecule has 4 rings (SSSR count). The van der Waals surface area contributed by atoms with Crippen LogP contribution < -0.4 is 19.7 Å². The van der Waals surface area contributed by atoms with Crippen LogP contribution >= 0.6 is 11.8 Å². The predicted molar refractivity (Wildman–Crippen MR) is 114 cm³/mol. The third-order valence-electron chi connectivity index (χ3n) is 5.11. The molecule has 6 nitrogen and oxygen atoms in total. The first-order valence-corrected chi connectivity index (χ1v) is 10.6. The highest BCUT2D eigenvalue weighted by Crippen LogP contribution is 2.40. The Hall–Kier alpha value is -2.67. The molecule has 0 saturated carbocycles. The molecule has 2 aromatic rings. The average molecular weight is 413 g/mol. The van der Waals surface area contributed by atoms with Gasteiger partial charge in [-0.15, -0.1) is 11.8 Å². The molecule has 0 radical (unpaired) electrons. The molecule has 7 heteroatoms. The molecule has 2 heterocycles. The second kappa shape index (κ2) is 7.63. The van der Waals surface area contributed by atoms with Gasteiger partial charge in [0.15, 0.2) is 11.5 Å². The maximum absolute atomic E-state index is 13.4. The van der Waals surface area contributed by atoms with Crippen LogP contribution in [0.2, 0.25) is 0 Å². The van der Waals surface area contributed by atoms with E-state index in [9.17, 15) is 9.59 Å². The highest BCUT2D eigenvalue weighted by atomic mass is 32.2. The van der Waals surface area contributed by atoms with E-state index in [-0.39, 0.29) is 11.8 Å². The fraction of sp³-hybridized carbons (Fsp3) is 0.364. The SMILES string of the molecule is CC(Sc1ccc2c(c1)OCCCO2)C(=O)N1c2ccccc2NC(=O)C1(C)C. The number of hydrogen-bond acceptors (Lipinski definition) is 5. The number of nitrogens with one attached hydrogen (secondary N) is 1. The number of rotatable bonds is 3. The van der Waals surface area contributed by atoms with Crippen molar-refractivity contribution in [3.8, 4) is 11.5 Å². The van der Waals surface area contributed by atoms with Crippen molar-refractivity contribution in [1.29, 1.82) is 0 Å². The van der Waals surface area contributed by atoms with Crippen molar-refractivity contribution in [2.75, 3.05) is 23.4 Å². The van der Waals surface area contributed by atoms with E-state index in [1.54, 1.807) is 18.7 Å². The number of hydrogen-bond donors (Lipinski definition) is 1. The molecule has 0 aliphatic carbocycles. The molecular weight excluding hydrogens is 388 g/mol. The van der Waals surface area contributed by atoms with Gasteiger partial charge in [-0.25, -0.2) is 0 Å². The summed E-state index contributed by atoms with van der Waals surface area (Å²) in [5.41, 5.74) is 0.386. The number of carbonyl (C=O) groups excluding carboxylic acids is 2. The normalized spacial score (nSPS) is 18.3. The Labute approximate surface area is 174 Å². The Balaban J connectivity index is 1.59. The molecule has 2 aliphatic heterocycles. The van der Waals surface area contributed by atoms with Gasteiger partial charge >= 0.3 is 0 Å². The quantitative estimate of drug-likeness (QED) is 0.769. The number of anilines is 2. The van der Waals surface area contributed by atoms with Crippen molar-refractivity contribution in [2.24, 2.45) is 0 Å². The van der Waals surface area contributed by atoms with Crippen molar-refractivity contribution in [3.05, 3.63) is 42.5 Å². The zero-order valence-electron chi connectivity index (χ0n) is 16.7. The zero-order chi connectivity index (χ0) is 20.6. The van der Waals surface area contributed by atoms with E-state index in [2.05, 4.69) is 5.32 Å². The van der Waals surface area contributed by atoms with Gasteiger partial charge < -0.3 is 14.8 Å². The fourth-order valence-corrected chi connectivity index (χ4v) is 4.44. The van der Waals surface area contributed by atoms with Crippen molar-refractivity contribution >= 4 is 35.0 Å². The van der Waals surface area contributed by atoms with E-state index in [0.717, 1.165) is 17.1 Å². The minimum Gasteiger partial charge on any atom is -0.490 e. The Morgan fingerprint density at radius 2 is 1.86 bits per heavy atom. The summed E-state index contributed by atoms with van der Waals surface area (Å²) in [4.78, 5) is 28.6. The van der Waals surface area contributed by atoms with Crippen LogP contribution in [0, 0.1) is 0 Å². The summed E-state index contributed by atoms with van der Waals surface area (Å²) < 4.78 is 11.4. The first-order chi connectivity index (χ1) is 13.9. The molecule has 0 saturated heterocycles. The number of thioether (sulfide) groups is 1. The topological polar surface area (TPSA) is 67.9 Å². The van der Waals surface area contributed by atoms with E-state index >= 15 is 0 Å². The summed E-state index contributed by atoms with van der Waals surface area (Å²) in [5, 5.41) is 2.50. The Morgan fingerprint density at radius 3 is 2.66 bits per heavy atom. The molecular formula is C22H24N2O4S. The number of para-hydroxylation sites is 2. The van der Waals surface area contributed by atoms with E-state index < -0.39 is 10.8 Å². The Kier molecular flexibility index (Phi) is 5.17. The number of ether oxygens (including phenoxy) is 2. The van der Waals surface area contributed by atoms with Gasteiger partial charge in [0.1, 0.15) is 5.54 Å². The lowest BCUT2D eigenvalue weighted by atomic mass is 9.96. The van der Waals surface area contributed by atoms with E-state index in [0.29, 0.717) is 30.3 Å². The third-order valence-corrected chi connectivity index (χ3v) is 6.19. The minimum absolute atomic E-state index is 0.116. The summed E-state index contributed by atoms with van der Waals surface area (Å²) in [6.45, 7) is 6.65. The van der Waals surface area contributed by atoms with Crippen LogP contribution in [-0.4, -0.2) is 35.8 Å². The van der Waals surface area contributed by atoms with Gasteiger partial charge in [0.2, 0.25) is 11.8 Å². The average Bonchev–Trinajstić information content (AvgIpc) is 2.93. The molecule has 1 unspecified atom stereocenters. The molecule has 0 spiro atoms. The van der Waals surface area contributed by atoms with Gasteiger partial charge in [-0.1, -0.05) is 12.1 Å². The molecule has 2 aliphatic rings. The van der Waals surface area contributed by atoms with Crippen LogP contribution in [0.3, 0.4) is 0 Å². The first kappa shape index (κ1) is 19.6. The third kappa shape index (κ3) is 3.67. The van der Waals surface area contributed by atoms with Crippen LogP contribution in [0.1, 0.15) is 27.2 Å². The molecule has 2 aromatic carbocycles. The minimum atomic E-state index is -0.981. The van der Waals surface area contributed by atoms with Gasteiger partial charge in [-0.2, -0.15) is 0 Å². The lowest BCUT2D eigenvalue weighted by molar-refractivity contribution is -0.126. The van der Waals surface area contributed by atoms with Crippen molar-refractivity contribution < 1.29 is 19.1 Å². The number of amides is 2. The summed E-state index contributed by atoms with van der Waals surface area (Å²) in [6, 6.07) is 13.1. The zero-order valence-corrected chi connectivity index (χ0v) is 17.5. The van der Waals surface area contributed by atoms with Crippen molar-refractivity contribution in [3.63, 3.8) is 0 Å². The number of benzene rings is 2. The van der Waals surface area contributed by atoms with E-state index in [1.165, 1.54) is 11.8 Å². The second-order valence-electron chi connectivity index (χ2n) is 7.62. The number of nitrogens with zero attached hydrogens (tertiary/aromatic N) is 1. The van der Waals surface area contributed by atoms with Crippen LogP contribution in [0.15, 0.2) is 47.4 Å². The lowest BCUT2D eigenvalue weighted by Crippen LogP contribution is -2.60. The van der Waals surface area contributed by atoms with Gasteiger partial charge in [0.25, 0.3) is 0 Å². The largest absolute Gasteiger partial charge is 0.490 e. The van der Waals surface area contributed by atoms with Gasteiger partial charge in [-0.3, -0.25) is 14.5 Å². The lowest BCUT2D eigenvalue weighted by Gasteiger charge is -2.43. The van der Waals surface area contributed by atoms with Crippen LogP contribution in [0.5, 0.6) is 11.5 Å². The fourth-order valence-electron chi connectivity index (χ4n) is 3.50. The van der Waals surface area contributed by atoms with E-state index in [1.807, 2.05) is 49.4 Å².